The molecule has 0 saturated heterocycles. The molecule has 0 unspecified atom stereocenters. The molecule has 0 heterocycles. The van der Waals surface area contributed by atoms with Gasteiger partial charge in [0.1, 0.15) is 11.6 Å². The number of para-hydroxylation sites is 1. The summed E-state index contributed by atoms with van der Waals surface area (Å²) in [7, 11) is 0. The van der Waals surface area contributed by atoms with Gasteiger partial charge in [-0.1, -0.05) is 72.8 Å². The van der Waals surface area contributed by atoms with Crippen molar-refractivity contribution in [1.29, 1.82) is 0 Å². The Kier molecular flexibility index (Phi) is 5.49. The van der Waals surface area contributed by atoms with E-state index in [1.807, 2.05) is 60.7 Å². The van der Waals surface area contributed by atoms with Crippen molar-refractivity contribution in [3.63, 3.8) is 0 Å². The summed E-state index contributed by atoms with van der Waals surface area (Å²) in [5.74, 6) is -0.435. The van der Waals surface area contributed by atoms with Gasteiger partial charge in [0.2, 0.25) is 5.91 Å². The molecule has 1 N–H and O–H groups in total. The fraction of sp³-hybridized carbons (Fsp3) is 0.231. The highest BCUT2D eigenvalue weighted by molar-refractivity contribution is 6.00. The third-order valence-electron chi connectivity index (χ3n) is 6.11. The number of hydrogen-bond donors (Lipinski definition) is 1. The van der Waals surface area contributed by atoms with Crippen LogP contribution in [0.25, 0.3) is 0 Å². The molecule has 1 saturated carbocycles. The zero-order chi connectivity index (χ0) is 21.1. The highest BCUT2D eigenvalue weighted by atomic mass is 19.1. The van der Waals surface area contributed by atoms with Crippen molar-refractivity contribution in [2.75, 3.05) is 5.32 Å². The number of anilines is 1. The van der Waals surface area contributed by atoms with E-state index in [0.717, 1.165) is 5.56 Å². The Labute approximate surface area is 175 Å². The van der Waals surface area contributed by atoms with Crippen molar-refractivity contribution in [2.45, 2.75) is 37.3 Å². The lowest BCUT2D eigenvalue weighted by Crippen LogP contribution is -2.44. The first kappa shape index (κ1) is 20.0. The molecule has 3 aromatic rings. The minimum absolute atomic E-state index is 0.00258. The number of alkyl halides is 1. The second kappa shape index (κ2) is 8.23. The maximum atomic E-state index is 15.7. The smallest absolute Gasteiger partial charge is 0.238 e. The van der Waals surface area contributed by atoms with Gasteiger partial charge in [-0.15, -0.1) is 0 Å². The third kappa shape index (κ3) is 3.65. The summed E-state index contributed by atoms with van der Waals surface area (Å²) < 4.78 is 15.7. The quantitative estimate of drug-likeness (QED) is 0.559. The molecule has 4 heteroatoms. The molecule has 0 spiro atoms. The maximum absolute atomic E-state index is 15.7. The minimum Gasteiger partial charge on any atom is -0.325 e. The van der Waals surface area contributed by atoms with Crippen LogP contribution in [0.4, 0.5) is 10.1 Å². The van der Waals surface area contributed by atoms with Crippen molar-refractivity contribution in [3.05, 3.63) is 102 Å². The molecule has 0 bridgehead atoms. The molecule has 0 aromatic heterocycles. The predicted octanol–water partition coefficient (Wildman–Crippen LogP) is 5.68. The average molecular weight is 401 g/mol. The third-order valence-corrected chi connectivity index (χ3v) is 6.11. The van der Waals surface area contributed by atoms with Gasteiger partial charge in [0, 0.05) is 11.3 Å². The van der Waals surface area contributed by atoms with Gasteiger partial charge in [0.15, 0.2) is 5.78 Å². The van der Waals surface area contributed by atoms with Gasteiger partial charge in [-0.2, -0.15) is 0 Å². The summed E-state index contributed by atoms with van der Waals surface area (Å²) in [6.07, 6.45) is -0.687. The SMILES string of the molecule is CC(=O)c1ccc([C@@H]2C[C@H](F)[C@@](C(=O)Nc3ccccc3)(c3ccccc3)C2)cc1. The molecule has 3 atom stereocenters. The largest absolute Gasteiger partial charge is 0.325 e. The number of amides is 1. The van der Waals surface area contributed by atoms with Crippen LogP contribution in [0.5, 0.6) is 0 Å². The molecular formula is C26H24FNO2. The second-order valence-corrected chi connectivity index (χ2v) is 7.94. The van der Waals surface area contributed by atoms with Crippen LogP contribution in [-0.2, 0) is 10.2 Å². The van der Waals surface area contributed by atoms with E-state index in [2.05, 4.69) is 5.32 Å². The molecule has 1 amide bonds. The van der Waals surface area contributed by atoms with Crippen LogP contribution in [-0.4, -0.2) is 17.9 Å². The van der Waals surface area contributed by atoms with Crippen molar-refractivity contribution >= 4 is 17.4 Å². The molecule has 3 aromatic carbocycles. The standard InChI is InChI=1S/C26H24FNO2/c1-18(29)19-12-14-20(15-13-19)21-16-24(27)26(17-21,22-8-4-2-5-9-22)25(30)28-23-10-6-3-7-11-23/h2-15,21,24H,16-17H2,1H3,(H,28,30)/t21-,24+,26+/m1/s1. The Balaban J connectivity index is 1.69. The van der Waals surface area contributed by atoms with Crippen molar-refractivity contribution in [2.24, 2.45) is 0 Å². The van der Waals surface area contributed by atoms with E-state index in [9.17, 15) is 9.59 Å². The van der Waals surface area contributed by atoms with Crippen molar-refractivity contribution in [1.82, 2.24) is 0 Å². The summed E-state index contributed by atoms with van der Waals surface area (Å²) >= 11 is 0. The van der Waals surface area contributed by atoms with Crippen LogP contribution in [0.2, 0.25) is 0 Å². The maximum Gasteiger partial charge on any atom is 0.238 e. The van der Waals surface area contributed by atoms with Gasteiger partial charge >= 0.3 is 0 Å². The molecule has 0 aliphatic heterocycles. The summed E-state index contributed by atoms with van der Waals surface area (Å²) in [5.41, 5.74) is 1.66. The Hall–Kier alpha value is -3.27. The van der Waals surface area contributed by atoms with Gasteiger partial charge in [-0.25, -0.2) is 4.39 Å². The number of Topliss-reactive ketones (excluding diaryl/α,β-unsaturated/α-hetero) is 1. The lowest BCUT2D eigenvalue weighted by molar-refractivity contribution is -0.123. The Morgan fingerprint density at radius 3 is 2.10 bits per heavy atom. The molecule has 1 aliphatic carbocycles. The molecule has 1 fully saturated rings. The van der Waals surface area contributed by atoms with Gasteiger partial charge in [0.25, 0.3) is 0 Å². The topological polar surface area (TPSA) is 46.2 Å². The predicted molar refractivity (Wildman–Crippen MR) is 117 cm³/mol. The average Bonchev–Trinajstić information content (AvgIpc) is 3.13. The van der Waals surface area contributed by atoms with E-state index in [0.29, 0.717) is 23.2 Å². The first-order valence-corrected chi connectivity index (χ1v) is 10.2. The van der Waals surface area contributed by atoms with Crippen LogP contribution >= 0.6 is 0 Å². The van der Waals surface area contributed by atoms with E-state index in [1.165, 1.54) is 6.92 Å². The lowest BCUT2D eigenvalue weighted by Gasteiger charge is -2.31. The number of nitrogens with one attached hydrogen (secondary N) is 1. The van der Waals surface area contributed by atoms with Crippen LogP contribution in [0.15, 0.2) is 84.9 Å². The zero-order valence-corrected chi connectivity index (χ0v) is 16.8. The first-order chi connectivity index (χ1) is 14.5. The number of hydrogen-bond acceptors (Lipinski definition) is 2. The van der Waals surface area contributed by atoms with E-state index in [-0.39, 0.29) is 24.0 Å². The molecular weight excluding hydrogens is 377 g/mol. The van der Waals surface area contributed by atoms with Gasteiger partial charge in [0.05, 0.1) is 0 Å². The molecule has 1 aliphatic rings. The van der Waals surface area contributed by atoms with E-state index >= 15 is 4.39 Å². The Bertz CT molecular complexity index is 1030. The van der Waals surface area contributed by atoms with Crippen LogP contribution < -0.4 is 5.32 Å². The zero-order valence-electron chi connectivity index (χ0n) is 16.8. The van der Waals surface area contributed by atoms with Crippen molar-refractivity contribution < 1.29 is 14.0 Å². The van der Waals surface area contributed by atoms with E-state index in [4.69, 9.17) is 0 Å². The number of carbonyl (C=O) groups is 2. The molecule has 0 radical (unpaired) electrons. The number of halogens is 1. The number of benzene rings is 3. The Morgan fingerprint density at radius 2 is 1.50 bits per heavy atom. The summed E-state index contributed by atoms with van der Waals surface area (Å²) in [5, 5.41) is 2.93. The highest BCUT2D eigenvalue weighted by Crippen LogP contribution is 2.50. The van der Waals surface area contributed by atoms with Gasteiger partial charge < -0.3 is 5.32 Å². The lowest BCUT2D eigenvalue weighted by atomic mass is 9.75. The van der Waals surface area contributed by atoms with Gasteiger partial charge in [-0.05, 0) is 48.9 Å². The minimum atomic E-state index is -1.32. The summed E-state index contributed by atoms with van der Waals surface area (Å²) in [4.78, 5) is 25.0. The van der Waals surface area contributed by atoms with Crippen LogP contribution in [0.1, 0.15) is 47.2 Å². The monoisotopic (exact) mass is 401 g/mol. The molecule has 4 rings (SSSR count). The second-order valence-electron chi connectivity index (χ2n) is 7.94. The summed E-state index contributed by atoms with van der Waals surface area (Å²) in [6, 6.07) is 25.7. The fourth-order valence-electron chi connectivity index (χ4n) is 4.46. The molecule has 152 valence electrons. The fourth-order valence-corrected chi connectivity index (χ4v) is 4.46. The number of rotatable bonds is 5. The summed E-state index contributed by atoms with van der Waals surface area (Å²) in [6.45, 7) is 1.52. The number of carbonyl (C=O) groups excluding carboxylic acids is 2. The van der Waals surface area contributed by atoms with Crippen molar-refractivity contribution in [3.8, 4) is 0 Å². The number of ketones is 1. The van der Waals surface area contributed by atoms with E-state index < -0.39 is 11.6 Å². The normalized spacial score (nSPS) is 23.1. The van der Waals surface area contributed by atoms with E-state index in [1.54, 1.807) is 24.3 Å². The first-order valence-electron chi connectivity index (χ1n) is 10.2. The Morgan fingerprint density at radius 1 is 0.900 bits per heavy atom. The molecule has 30 heavy (non-hydrogen) atoms. The highest BCUT2D eigenvalue weighted by Gasteiger charge is 2.54. The van der Waals surface area contributed by atoms with Crippen LogP contribution in [0, 0.1) is 0 Å². The van der Waals surface area contributed by atoms with Gasteiger partial charge in [-0.3, -0.25) is 9.59 Å². The van der Waals surface area contributed by atoms with Crippen LogP contribution in [0.3, 0.4) is 0 Å². The molecule has 3 nitrogen and oxygen atoms in total.